The summed E-state index contributed by atoms with van der Waals surface area (Å²) in [5.41, 5.74) is 2.33. The smallest absolute Gasteiger partial charge is 0.321 e. The van der Waals surface area contributed by atoms with Gasteiger partial charge in [0.25, 0.3) is 0 Å². The van der Waals surface area contributed by atoms with Gasteiger partial charge in [-0.25, -0.2) is 9.78 Å². The number of rotatable bonds is 2. The van der Waals surface area contributed by atoms with E-state index in [1.165, 1.54) is 17.0 Å². The van der Waals surface area contributed by atoms with Crippen molar-refractivity contribution in [3.8, 4) is 0 Å². The third kappa shape index (κ3) is 2.99. The van der Waals surface area contributed by atoms with Crippen molar-refractivity contribution in [1.29, 1.82) is 0 Å². The Hall–Kier alpha value is -1.89. The zero-order valence-electron chi connectivity index (χ0n) is 13.1. The van der Waals surface area contributed by atoms with E-state index < -0.39 is 0 Å². The van der Waals surface area contributed by atoms with Gasteiger partial charge in [-0.15, -0.1) is 11.3 Å². The maximum Gasteiger partial charge on any atom is 0.321 e. The van der Waals surface area contributed by atoms with Crippen LogP contribution in [0.1, 0.15) is 50.9 Å². The number of nitrogens with one attached hydrogen (secondary N) is 2. The summed E-state index contributed by atoms with van der Waals surface area (Å²) in [5.74, 6) is 0. The number of amides is 2. The molecule has 3 rings (SSSR count). The van der Waals surface area contributed by atoms with Crippen molar-refractivity contribution in [2.24, 2.45) is 0 Å². The molecular formula is C15H21N5OS. The molecule has 2 heterocycles. The molecule has 2 amide bonds. The molecule has 0 bridgehead atoms. The van der Waals surface area contributed by atoms with Crippen LogP contribution in [0.4, 0.5) is 9.93 Å². The number of carbonyl (C=O) groups excluding carboxylic acids is 1. The van der Waals surface area contributed by atoms with Crippen molar-refractivity contribution in [2.75, 3.05) is 5.32 Å². The molecule has 0 aromatic carbocycles. The van der Waals surface area contributed by atoms with Gasteiger partial charge in [0.2, 0.25) is 0 Å². The molecule has 2 aromatic rings. The lowest BCUT2D eigenvalue weighted by atomic mass is 9.92. The number of hydrogen-bond donors (Lipinski definition) is 2. The second-order valence-corrected chi connectivity index (χ2v) is 7.40. The summed E-state index contributed by atoms with van der Waals surface area (Å²) in [6, 6.07) is -0.198. The monoisotopic (exact) mass is 319 g/mol. The fourth-order valence-electron chi connectivity index (χ4n) is 2.86. The number of nitrogens with zero attached hydrogens (tertiary/aromatic N) is 3. The molecule has 0 radical (unpaired) electrons. The summed E-state index contributed by atoms with van der Waals surface area (Å²) in [7, 11) is 0. The van der Waals surface area contributed by atoms with Crippen molar-refractivity contribution in [2.45, 2.75) is 51.6 Å². The molecule has 22 heavy (non-hydrogen) atoms. The molecule has 118 valence electrons. The Morgan fingerprint density at radius 2 is 2.27 bits per heavy atom. The van der Waals surface area contributed by atoms with Crippen LogP contribution in [-0.4, -0.2) is 20.8 Å². The number of thiazole rings is 1. The molecule has 2 N–H and O–H groups in total. The van der Waals surface area contributed by atoms with Gasteiger partial charge in [0.1, 0.15) is 0 Å². The average Bonchev–Trinajstić information content (AvgIpc) is 3.06. The Balaban J connectivity index is 1.75. The van der Waals surface area contributed by atoms with Crippen LogP contribution >= 0.6 is 11.3 Å². The van der Waals surface area contributed by atoms with Crippen LogP contribution in [0.15, 0.2) is 17.8 Å². The van der Waals surface area contributed by atoms with Gasteiger partial charge in [-0.1, -0.05) is 0 Å². The van der Waals surface area contributed by atoms with E-state index in [9.17, 15) is 4.79 Å². The lowest BCUT2D eigenvalue weighted by molar-refractivity contribution is 0.247. The molecule has 6 nitrogen and oxygen atoms in total. The molecule has 0 aliphatic heterocycles. The first-order valence-corrected chi connectivity index (χ1v) is 8.37. The maximum atomic E-state index is 12.1. The molecule has 0 fully saturated rings. The molecule has 1 aliphatic rings. The van der Waals surface area contributed by atoms with E-state index >= 15 is 0 Å². The molecule has 2 aromatic heterocycles. The van der Waals surface area contributed by atoms with Gasteiger partial charge >= 0.3 is 6.03 Å². The highest BCUT2D eigenvalue weighted by Crippen LogP contribution is 2.32. The zero-order valence-corrected chi connectivity index (χ0v) is 13.9. The fraction of sp³-hybridized carbons (Fsp3) is 0.533. The second-order valence-electron chi connectivity index (χ2n) is 6.51. The maximum absolute atomic E-state index is 12.1. The lowest BCUT2D eigenvalue weighted by Crippen LogP contribution is -2.35. The lowest BCUT2D eigenvalue weighted by Gasteiger charge is -2.28. The first-order valence-electron chi connectivity index (χ1n) is 7.49. The number of hydrogen-bond acceptors (Lipinski definition) is 4. The van der Waals surface area contributed by atoms with Crippen LogP contribution in [0, 0.1) is 0 Å². The van der Waals surface area contributed by atoms with Crippen LogP contribution < -0.4 is 10.6 Å². The molecule has 0 spiro atoms. The third-order valence-corrected chi connectivity index (χ3v) is 4.47. The van der Waals surface area contributed by atoms with Gasteiger partial charge < -0.3 is 5.32 Å². The predicted molar refractivity (Wildman–Crippen MR) is 87.2 cm³/mol. The van der Waals surface area contributed by atoms with Gasteiger partial charge in [0, 0.05) is 22.8 Å². The van der Waals surface area contributed by atoms with Crippen molar-refractivity contribution in [3.05, 3.63) is 29.0 Å². The van der Waals surface area contributed by atoms with E-state index in [-0.39, 0.29) is 17.6 Å². The Bertz CT molecular complexity index is 656. The number of carbonyl (C=O) groups is 1. The third-order valence-electron chi connectivity index (χ3n) is 3.78. The van der Waals surface area contributed by atoms with Crippen molar-refractivity contribution in [3.63, 3.8) is 0 Å². The molecule has 0 saturated carbocycles. The predicted octanol–water partition coefficient (Wildman–Crippen LogP) is 3.29. The van der Waals surface area contributed by atoms with E-state index in [4.69, 9.17) is 0 Å². The molecule has 0 saturated heterocycles. The Kier molecular flexibility index (Phi) is 3.90. The van der Waals surface area contributed by atoms with Crippen molar-refractivity contribution < 1.29 is 4.79 Å². The van der Waals surface area contributed by atoms with Crippen LogP contribution in [0.2, 0.25) is 0 Å². The van der Waals surface area contributed by atoms with Crippen molar-refractivity contribution >= 4 is 22.5 Å². The topological polar surface area (TPSA) is 71.8 Å². The average molecular weight is 319 g/mol. The van der Waals surface area contributed by atoms with Crippen LogP contribution in [0.5, 0.6) is 0 Å². The van der Waals surface area contributed by atoms with E-state index in [0.29, 0.717) is 5.13 Å². The van der Waals surface area contributed by atoms with Crippen LogP contribution in [0.3, 0.4) is 0 Å². The minimum Gasteiger partial charge on any atom is -0.331 e. The summed E-state index contributed by atoms with van der Waals surface area (Å²) in [5, 5.41) is 12.8. The quantitative estimate of drug-likeness (QED) is 0.892. The number of anilines is 1. The summed E-state index contributed by atoms with van der Waals surface area (Å²) in [4.78, 5) is 16.2. The molecule has 1 atom stereocenters. The Labute approximate surface area is 133 Å². The summed E-state index contributed by atoms with van der Waals surface area (Å²) < 4.78 is 2.08. The summed E-state index contributed by atoms with van der Waals surface area (Å²) in [6.45, 7) is 6.44. The molecule has 1 aliphatic carbocycles. The standard InChI is InChI=1S/C15H21N5OS/c1-15(2,3)20-12-6-4-5-11(10(12)9-17-20)18-13(21)19-14-16-7-8-22-14/h7-9,11H,4-6H2,1-3H3,(H2,16,18,19,21)/t11-/m0/s1. The Morgan fingerprint density at radius 3 is 2.95 bits per heavy atom. The van der Waals surface area contributed by atoms with Crippen molar-refractivity contribution in [1.82, 2.24) is 20.1 Å². The van der Waals surface area contributed by atoms with E-state index in [1.54, 1.807) is 6.20 Å². The minimum atomic E-state index is -0.212. The highest BCUT2D eigenvalue weighted by Gasteiger charge is 2.28. The first kappa shape index (κ1) is 15.0. The minimum absolute atomic E-state index is 0.0137. The van der Waals surface area contributed by atoms with Crippen LogP contribution in [-0.2, 0) is 12.0 Å². The van der Waals surface area contributed by atoms with Gasteiger partial charge in [0.15, 0.2) is 5.13 Å². The molecule has 0 unspecified atom stereocenters. The van der Waals surface area contributed by atoms with E-state index in [0.717, 1.165) is 24.8 Å². The molecular weight excluding hydrogens is 298 g/mol. The highest BCUT2D eigenvalue weighted by atomic mass is 32.1. The van der Waals surface area contributed by atoms with Gasteiger partial charge in [0.05, 0.1) is 17.8 Å². The van der Waals surface area contributed by atoms with Gasteiger partial charge in [-0.3, -0.25) is 10.00 Å². The van der Waals surface area contributed by atoms with Crippen LogP contribution in [0.25, 0.3) is 0 Å². The highest BCUT2D eigenvalue weighted by molar-refractivity contribution is 7.13. The largest absolute Gasteiger partial charge is 0.331 e. The summed E-state index contributed by atoms with van der Waals surface area (Å²) in [6.07, 6.45) is 6.57. The number of aromatic nitrogens is 3. The Morgan fingerprint density at radius 1 is 1.45 bits per heavy atom. The number of fused-ring (bicyclic) bond motifs is 1. The molecule has 7 heteroatoms. The van der Waals surface area contributed by atoms with E-state index in [2.05, 4.69) is 46.2 Å². The summed E-state index contributed by atoms with van der Waals surface area (Å²) >= 11 is 1.41. The normalized spacial score (nSPS) is 17.9. The number of urea groups is 1. The SMILES string of the molecule is CC(C)(C)n1ncc2c1CCC[C@@H]2NC(=O)Nc1nccs1. The fourth-order valence-corrected chi connectivity index (χ4v) is 3.39. The van der Waals surface area contributed by atoms with Gasteiger partial charge in [-0.05, 0) is 40.0 Å². The van der Waals surface area contributed by atoms with E-state index in [1.807, 2.05) is 11.6 Å². The first-order chi connectivity index (χ1) is 10.4. The van der Waals surface area contributed by atoms with Gasteiger partial charge in [-0.2, -0.15) is 5.10 Å². The second kappa shape index (κ2) is 5.72. The zero-order chi connectivity index (χ0) is 15.7.